The van der Waals surface area contributed by atoms with Gasteiger partial charge in [-0.3, -0.25) is 14.4 Å². The number of H-pyrrole nitrogens is 1. The van der Waals surface area contributed by atoms with Crippen LogP contribution in [0.25, 0.3) is 0 Å². The van der Waals surface area contributed by atoms with Crippen LogP contribution in [-0.2, 0) is 4.79 Å². The molecule has 10 heteroatoms. The number of amides is 1. The zero-order valence-corrected chi connectivity index (χ0v) is 10.5. The molecule has 0 saturated carbocycles. The molecule has 2 heterocycles. The molecule has 1 atom stereocenters. The fraction of sp³-hybridized carbons (Fsp3) is 0.455. The first-order valence-corrected chi connectivity index (χ1v) is 5.81. The molecule has 0 aliphatic carbocycles. The third-order valence-electron chi connectivity index (χ3n) is 3.40. The average Bonchev–Trinajstić information content (AvgIpc) is 2.84. The fourth-order valence-electron chi connectivity index (χ4n) is 2.13. The van der Waals surface area contributed by atoms with Gasteiger partial charge in [0.1, 0.15) is 5.69 Å². The van der Waals surface area contributed by atoms with E-state index in [1.54, 1.807) is 0 Å². The minimum absolute atomic E-state index is 0.252. The molecular formula is C11H10F3N3O4. The van der Waals surface area contributed by atoms with Crippen LogP contribution in [0.15, 0.2) is 17.2 Å². The number of hydrogen-bond acceptors (Lipinski definition) is 4. The minimum Gasteiger partial charge on any atom is -0.481 e. The quantitative estimate of drug-likeness (QED) is 0.815. The van der Waals surface area contributed by atoms with Gasteiger partial charge in [0.25, 0.3) is 11.5 Å². The van der Waals surface area contributed by atoms with Crippen molar-refractivity contribution in [3.63, 3.8) is 0 Å². The van der Waals surface area contributed by atoms with Crippen molar-refractivity contribution in [1.82, 2.24) is 14.9 Å². The molecule has 1 fully saturated rings. The standard InChI is InChI=1S/C11H10F3N3O4/c12-11(13,14)10(9(20)21)1-2-17(5-10)8(19)6-3-16-7(18)4-15-6/h3-4H,1-2,5H2,(H,16,18)(H,20,21). The van der Waals surface area contributed by atoms with Crippen LogP contribution in [0.1, 0.15) is 16.9 Å². The summed E-state index contributed by atoms with van der Waals surface area (Å²) in [5.74, 6) is -2.88. The predicted molar refractivity (Wildman–Crippen MR) is 61.5 cm³/mol. The predicted octanol–water partition coefficient (Wildman–Crippen LogP) is 0.249. The summed E-state index contributed by atoms with van der Waals surface area (Å²) >= 11 is 0. The Balaban J connectivity index is 2.25. The summed E-state index contributed by atoms with van der Waals surface area (Å²) in [4.78, 5) is 40.2. The smallest absolute Gasteiger partial charge is 0.406 e. The number of halogens is 3. The van der Waals surface area contributed by atoms with E-state index in [0.717, 1.165) is 17.3 Å². The molecule has 114 valence electrons. The molecular weight excluding hydrogens is 295 g/mol. The summed E-state index contributed by atoms with van der Waals surface area (Å²) < 4.78 is 38.9. The first-order chi connectivity index (χ1) is 9.67. The van der Waals surface area contributed by atoms with E-state index in [1.807, 2.05) is 0 Å². The van der Waals surface area contributed by atoms with Gasteiger partial charge >= 0.3 is 12.1 Å². The minimum atomic E-state index is -4.97. The topological polar surface area (TPSA) is 103 Å². The van der Waals surface area contributed by atoms with Crippen LogP contribution in [0.4, 0.5) is 13.2 Å². The summed E-state index contributed by atoms with van der Waals surface area (Å²) in [6, 6.07) is 0. The van der Waals surface area contributed by atoms with Crippen molar-refractivity contribution in [2.45, 2.75) is 12.6 Å². The molecule has 1 aliphatic heterocycles. The van der Waals surface area contributed by atoms with Crippen molar-refractivity contribution in [3.05, 3.63) is 28.4 Å². The summed E-state index contributed by atoms with van der Waals surface area (Å²) in [5, 5.41) is 8.88. The van der Waals surface area contributed by atoms with Gasteiger partial charge in [0, 0.05) is 19.3 Å². The number of hydrogen-bond donors (Lipinski definition) is 2. The molecule has 0 spiro atoms. The molecule has 1 saturated heterocycles. The van der Waals surface area contributed by atoms with Gasteiger partial charge in [-0.2, -0.15) is 13.2 Å². The molecule has 21 heavy (non-hydrogen) atoms. The highest BCUT2D eigenvalue weighted by Crippen LogP contribution is 2.45. The van der Waals surface area contributed by atoms with Crippen LogP contribution < -0.4 is 5.56 Å². The number of aromatic nitrogens is 2. The van der Waals surface area contributed by atoms with Crippen LogP contribution in [-0.4, -0.2) is 51.1 Å². The number of aromatic amines is 1. The molecule has 2 rings (SSSR count). The van der Waals surface area contributed by atoms with Gasteiger partial charge in [-0.15, -0.1) is 0 Å². The summed E-state index contributed by atoms with van der Waals surface area (Å²) in [6.45, 7) is -1.34. The van der Waals surface area contributed by atoms with Crippen LogP contribution in [0, 0.1) is 5.41 Å². The Hall–Kier alpha value is -2.39. The van der Waals surface area contributed by atoms with Crippen LogP contribution in [0.3, 0.4) is 0 Å². The molecule has 7 nitrogen and oxygen atoms in total. The fourth-order valence-corrected chi connectivity index (χ4v) is 2.13. The largest absolute Gasteiger partial charge is 0.481 e. The summed E-state index contributed by atoms with van der Waals surface area (Å²) in [6.07, 6.45) is -3.90. The molecule has 2 N–H and O–H groups in total. The van der Waals surface area contributed by atoms with Crippen LogP contribution >= 0.6 is 0 Å². The number of aliphatic carboxylic acids is 1. The van der Waals surface area contributed by atoms with Gasteiger partial charge in [0.2, 0.25) is 0 Å². The normalized spacial score (nSPS) is 22.3. The van der Waals surface area contributed by atoms with E-state index in [-0.39, 0.29) is 12.2 Å². The Bertz CT molecular complexity index is 622. The van der Waals surface area contributed by atoms with Crippen molar-refractivity contribution in [2.75, 3.05) is 13.1 Å². The molecule has 0 bridgehead atoms. The molecule has 1 amide bonds. The SMILES string of the molecule is O=C(c1c[nH]c(=O)cn1)N1CCC(C(=O)O)(C(F)(F)F)C1. The van der Waals surface area contributed by atoms with E-state index >= 15 is 0 Å². The third-order valence-corrected chi connectivity index (χ3v) is 3.40. The number of carboxylic acid groups (broad SMARTS) is 1. The number of likely N-dealkylation sites (tertiary alicyclic amines) is 1. The highest BCUT2D eigenvalue weighted by Gasteiger charge is 2.64. The van der Waals surface area contributed by atoms with Crippen LogP contribution in [0.2, 0.25) is 0 Å². The number of carboxylic acids is 1. The Labute approximate surface area is 115 Å². The second-order valence-electron chi connectivity index (χ2n) is 4.66. The summed E-state index contributed by atoms with van der Waals surface area (Å²) in [7, 11) is 0. The number of carbonyl (C=O) groups is 2. The van der Waals surface area contributed by atoms with Crippen molar-refractivity contribution >= 4 is 11.9 Å². The number of alkyl halides is 3. The first-order valence-electron chi connectivity index (χ1n) is 5.81. The van der Waals surface area contributed by atoms with E-state index in [0.29, 0.717) is 0 Å². The van der Waals surface area contributed by atoms with Crippen molar-refractivity contribution in [1.29, 1.82) is 0 Å². The lowest BCUT2D eigenvalue weighted by atomic mass is 9.86. The number of nitrogens with one attached hydrogen (secondary N) is 1. The second-order valence-corrected chi connectivity index (χ2v) is 4.66. The highest BCUT2D eigenvalue weighted by atomic mass is 19.4. The van der Waals surface area contributed by atoms with Gasteiger partial charge in [-0.1, -0.05) is 0 Å². The van der Waals surface area contributed by atoms with E-state index in [1.165, 1.54) is 0 Å². The summed E-state index contributed by atoms with van der Waals surface area (Å²) in [5.41, 5.74) is -3.79. The van der Waals surface area contributed by atoms with E-state index < -0.39 is 42.0 Å². The van der Waals surface area contributed by atoms with E-state index in [4.69, 9.17) is 5.11 Å². The lowest BCUT2D eigenvalue weighted by molar-refractivity contribution is -0.227. The van der Waals surface area contributed by atoms with Gasteiger partial charge in [-0.25, -0.2) is 4.98 Å². The van der Waals surface area contributed by atoms with Crippen molar-refractivity contribution in [3.8, 4) is 0 Å². The molecule has 1 aromatic rings. The Kier molecular flexibility index (Phi) is 3.47. The lowest BCUT2D eigenvalue weighted by Crippen LogP contribution is -2.47. The monoisotopic (exact) mass is 305 g/mol. The average molecular weight is 305 g/mol. The van der Waals surface area contributed by atoms with Gasteiger partial charge in [-0.05, 0) is 6.42 Å². The molecule has 1 aromatic heterocycles. The molecule has 1 aliphatic rings. The maximum atomic E-state index is 13.0. The number of nitrogens with zero attached hydrogens (tertiary/aromatic N) is 2. The van der Waals surface area contributed by atoms with Crippen molar-refractivity contribution < 1.29 is 27.9 Å². The van der Waals surface area contributed by atoms with Gasteiger partial charge in [0.05, 0.1) is 6.20 Å². The molecule has 1 unspecified atom stereocenters. The molecule has 0 aromatic carbocycles. The Morgan fingerprint density at radius 1 is 1.43 bits per heavy atom. The Morgan fingerprint density at radius 2 is 2.10 bits per heavy atom. The zero-order chi connectivity index (χ0) is 15.8. The maximum Gasteiger partial charge on any atom is 0.406 e. The highest BCUT2D eigenvalue weighted by molar-refractivity contribution is 5.93. The number of carbonyl (C=O) groups excluding carboxylic acids is 1. The zero-order valence-electron chi connectivity index (χ0n) is 10.5. The maximum absolute atomic E-state index is 13.0. The van der Waals surface area contributed by atoms with Crippen molar-refractivity contribution in [2.24, 2.45) is 5.41 Å². The van der Waals surface area contributed by atoms with E-state index in [2.05, 4.69) is 9.97 Å². The molecule has 0 radical (unpaired) electrons. The van der Waals surface area contributed by atoms with E-state index in [9.17, 15) is 27.6 Å². The number of rotatable bonds is 2. The Morgan fingerprint density at radius 3 is 2.52 bits per heavy atom. The second kappa shape index (κ2) is 4.86. The van der Waals surface area contributed by atoms with Crippen LogP contribution in [0.5, 0.6) is 0 Å². The third kappa shape index (κ3) is 2.48. The first kappa shape index (κ1) is 15.0. The van der Waals surface area contributed by atoms with Gasteiger partial charge in [0.15, 0.2) is 5.41 Å². The van der Waals surface area contributed by atoms with Gasteiger partial charge < -0.3 is 15.0 Å². The lowest BCUT2D eigenvalue weighted by Gasteiger charge is -2.27.